The van der Waals surface area contributed by atoms with Crippen LogP contribution in [-0.4, -0.2) is 28.5 Å². The van der Waals surface area contributed by atoms with E-state index in [1.807, 2.05) is 17.8 Å². The minimum atomic E-state index is -0.0281. The fourth-order valence-electron chi connectivity index (χ4n) is 1.12. The summed E-state index contributed by atoms with van der Waals surface area (Å²) in [5.41, 5.74) is -0.0281. The molecule has 0 aliphatic heterocycles. The quantitative estimate of drug-likeness (QED) is 0.684. The summed E-state index contributed by atoms with van der Waals surface area (Å²) in [7, 11) is 0. The fourth-order valence-corrected chi connectivity index (χ4v) is 1.82. The molecule has 1 heterocycles. The van der Waals surface area contributed by atoms with Crippen LogP contribution in [0.3, 0.4) is 0 Å². The molecule has 0 saturated carbocycles. The van der Waals surface area contributed by atoms with Crippen LogP contribution >= 0.6 is 27.7 Å². The number of halogens is 1. The summed E-state index contributed by atoms with van der Waals surface area (Å²) < 4.78 is 0.832. The third-order valence-corrected chi connectivity index (χ3v) is 3.00. The van der Waals surface area contributed by atoms with Crippen molar-refractivity contribution in [1.82, 2.24) is 9.97 Å². The van der Waals surface area contributed by atoms with E-state index in [4.69, 9.17) is 0 Å². The van der Waals surface area contributed by atoms with Crippen LogP contribution in [0, 0.1) is 0 Å². The van der Waals surface area contributed by atoms with Gasteiger partial charge in [0.2, 0.25) is 0 Å². The second kappa shape index (κ2) is 5.87. The predicted molar refractivity (Wildman–Crippen MR) is 75.3 cm³/mol. The van der Waals surface area contributed by atoms with Crippen molar-refractivity contribution in [2.45, 2.75) is 26.2 Å². The lowest BCUT2D eigenvalue weighted by Crippen LogP contribution is -2.17. The zero-order valence-electron chi connectivity index (χ0n) is 10.2. The third-order valence-electron chi connectivity index (χ3n) is 1.98. The van der Waals surface area contributed by atoms with Gasteiger partial charge in [0.1, 0.15) is 16.2 Å². The first kappa shape index (κ1) is 13.8. The predicted octanol–water partition coefficient (Wildman–Crippen LogP) is 3.31. The van der Waals surface area contributed by atoms with Crippen molar-refractivity contribution in [2.24, 2.45) is 0 Å². The van der Waals surface area contributed by atoms with Gasteiger partial charge >= 0.3 is 0 Å². The van der Waals surface area contributed by atoms with Crippen molar-refractivity contribution in [3.8, 4) is 0 Å². The Morgan fingerprint density at radius 1 is 1.38 bits per heavy atom. The number of hydrogen-bond acceptors (Lipinski definition) is 4. The molecule has 0 amide bonds. The topological polar surface area (TPSA) is 37.8 Å². The van der Waals surface area contributed by atoms with Crippen LogP contribution < -0.4 is 5.32 Å². The lowest BCUT2D eigenvalue weighted by molar-refractivity contribution is 0.544. The van der Waals surface area contributed by atoms with Crippen LogP contribution in [0.1, 0.15) is 26.6 Å². The molecular weight excluding hydrogens is 286 g/mol. The summed E-state index contributed by atoms with van der Waals surface area (Å²) in [5, 5.41) is 3.30. The molecule has 0 spiro atoms. The lowest BCUT2D eigenvalue weighted by atomic mass is 9.96. The van der Waals surface area contributed by atoms with Gasteiger partial charge in [0.25, 0.3) is 0 Å². The van der Waals surface area contributed by atoms with E-state index in [0.29, 0.717) is 0 Å². The minimum Gasteiger partial charge on any atom is -0.369 e. The van der Waals surface area contributed by atoms with Gasteiger partial charge in [0.05, 0.1) is 0 Å². The van der Waals surface area contributed by atoms with Crippen molar-refractivity contribution in [3.05, 3.63) is 16.5 Å². The van der Waals surface area contributed by atoms with E-state index >= 15 is 0 Å². The molecule has 5 heteroatoms. The first-order valence-corrected chi connectivity index (χ1v) is 7.40. The van der Waals surface area contributed by atoms with Crippen LogP contribution in [0.4, 0.5) is 5.82 Å². The van der Waals surface area contributed by atoms with Gasteiger partial charge in [0, 0.05) is 23.8 Å². The Bertz CT molecular complexity index is 350. The third kappa shape index (κ3) is 4.29. The summed E-state index contributed by atoms with van der Waals surface area (Å²) >= 11 is 5.24. The molecule has 1 N–H and O–H groups in total. The fraction of sp³-hybridized carbons (Fsp3) is 0.636. The van der Waals surface area contributed by atoms with Crippen LogP contribution in [0.25, 0.3) is 0 Å². The smallest absolute Gasteiger partial charge is 0.137 e. The Morgan fingerprint density at radius 2 is 2.06 bits per heavy atom. The van der Waals surface area contributed by atoms with E-state index in [0.717, 1.165) is 28.5 Å². The first-order valence-electron chi connectivity index (χ1n) is 5.21. The van der Waals surface area contributed by atoms with E-state index in [-0.39, 0.29) is 5.41 Å². The number of nitrogens with one attached hydrogen (secondary N) is 1. The summed E-state index contributed by atoms with van der Waals surface area (Å²) in [6.07, 6.45) is 2.10. The zero-order chi connectivity index (χ0) is 12.2. The number of rotatable bonds is 4. The van der Waals surface area contributed by atoms with Gasteiger partial charge in [-0.25, -0.2) is 9.97 Å². The molecule has 0 unspecified atom stereocenters. The summed E-state index contributed by atoms with van der Waals surface area (Å²) in [4.78, 5) is 8.91. The molecule has 1 aromatic heterocycles. The maximum atomic E-state index is 4.52. The van der Waals surface area contributed by atoms with Crippen molar-refractivity contribution in [3.63, 3.8) is 0 Å². The van der Waals surface area contributed by atoms with E-state index in [1.54, 1.807) is 0 Å². The van der Waals surface area contributed by atoms with Gasteiger partial charge in [-0.3, -0.25) is 0 Å². The summed E-state index contributed by atoms with van der Waals surface area (Å²) in [6, 6.07) is 1.91. The molecule has 0 aliphatic rings. The lowest BCUT2D eigenvalue weighted by Gasteiger charge is -2.17. The van der Waals surface area contributed by atoms with Gasteiger partial charge in [0.15, 0.2) is 0 Å². The van der Waals surface area contributed by atoms with E-state index in [1.165, 1.54) is 0 Å². The maximum absolute atomic E-state index is 4.52. The van der Waals surface area contributed by atoms with Crippen LogP contribution in [-0.2, 0) is 5.41 Å². The molecular formula is C11H18BrN3S. The van der Waals surface area contributed by atoms with Crippen molar-refractivity contribution in [2.75, 3.05) is 23.9 Å². The molecule has 1 rings (SSSR count). The summed E-state index contributed by atoms with van der Waals surface area (Å²) in [5.74, 6) is 2.82. The van der Waals surface area contributed by atoms with Crippen molar-refractivity contribution >= 4 is 33.5 Å². The molecule has 0 bridgehead atoms. The molecule has 90 valence electrons. The van der Waals surface area contributed by atoms with E-state index < -0.39 is 0 Å². The van der Waals surface area contributed by atoms with Gasteiger partial charge in [-0.1, -0.05) is 20.8 Å². The Balaban J connectivity index is 2.82. The highest BCUT2D eigenvalue weighted by molar-refractivity contribution is 9.10. The highest BCUT2D eigenvalue weighted by Crippen LogP contribution is 2.22. The Kier molecular flexibility index (Phi) is 5.05. The second-order valence-corrected chi connectivity index (χ2v) is 6.37. The van der Waals surface area contributed by atoms with Gasteiger partial charge < -0.3 is 5.32 Å². The second-order valence-electron chi connectivity index (χ2n) is 4.57. The molecule has 0 atom stereocenters. The SMILES string of the molecule is CSCCNc1cc(Br)nc(C(C)(C)C)n1. The number of hydrogen-bond donors (Lipinski definition) is 1. The molecule has 0 fully saturated rings. The average molecular weight is 304 g/mol. The van der Waals surface area contributed by atoms with Gasteiger partial charge in [-0.15, -0.1) is 0 Å². The molecule has 3 nitrogen and oxygen atoms in total. The molecule has 0 radical (unpaired) electrons. The van der Waals surface area contributed by atoms with Gasteiger partial charge in [-0.05, 0) is 22.2 Å². The van der Waals surface area contributed by atoms with Crippen LogP contribution in [0.5, 0.6) is 0 Å². The number of nitrogens with zero attached hydrogens (tertiary/aromatic N) is 2. The maximum Gasteiger partial charge on any atom is 0.137 e. The molecule has 0 aliphatic carbocycles. The summed E-state index contributed by atoms with van der Waals surface area (Å²) in [6.45, 7) is 7.26. The monoisotopic (exact) mass is 303 g/mol. The van der Waals surface area contributed by atoms with Crippen molar-refractivity contribution < 1.29 is 0 Å². The number of thioether (sulfide) groups is 1. The van der Waals surface area contributed by atoms with Gasteiger partial charge in [-0.2, -0.15) is 11.8 Å². The highest BCUT2D eigenvalue weighted by Gasteiger charge is 2.18. The number of anilines is 1. The zero-order valence-corrected chi connectivity index (χ0v) is 12.6. The normalized spacial score (nSPS) is 11.6. The Hall–Kier alpha value is -0.290. The van der Waals surface area contributed by atoms with E-state index in [9.17, 15) is 0 Å². The van der Waals surface area contributed by atoms with Crippen molar-refractivity contribution in [1.29, 1.82) is 0 Å². The standard InChI is InChI=1S/C11H18BrN3S/c1-11(2,3)10-14-8(12)7-9(15-10)13-5-6-16-4/h7H,5-6H2,1-4H3,(H,13,14,15). The first-order chi connectivity index (χ1) is 7.43. The minimum absolute atomic E-state index is 0.0281. The number of aromatic nitrogens is 2. The van der Waals surface area contributed by atoms with E-state index in [2.05, 4.69) is 58.2 Å². The average Bonchev–Trinajstić information content (AvgIpc) is 2.16. The van der Waals surface area contributed by atoms with Crippen LogP contribution in [0.15, 0.2) is 10.7 Å². The Morgan fingerprint density at radius 3 is 2.62 bits per heavy atom. The molecule has 0 saturated heterocycles. The Labute approximate surface area is 110 Å². The molecule has 1 aromatic rings. The molecule has 16 heavy (non-hydrogen) atoms. The largest absolute Gasteiger partial charge is 0.369 e. The highest BCUT2D eigenvalue weighted by atomic mass is 79.9. The molecule has 0 aromatic carbocycles. The van der Waals surface area contributed by atoms with Crippen LogP contribution in [0.2, 0.25) is 0 Å².